The van der Waals surface area contributed by atoms with Crippen molar-refractivity contribution in [3.05, 3.63) is 65.2 Å². The normalized spacial score (nSPS) is 11.0. The first kappa shape index (κ1) is 19.6. The maximum Gasteiger partial charge on any atom is 0.287 e. The lowest BCUT2D eigenvalue weighted by Crippen LogP contribution is -2.29. The second-order valence-corrected chi connectivity index (χ2v) is 7.26. The second kappa shape index (κ2) is 8.25. The molecule has 0 aliphatic heterocycles. The van der Waals surface area contributed by atoms with Crippen molar-refractivity contribution in [2.45, 2.75) is 34.1 Å². The van der Waals surface area contributed by atoms with Crippen molar-refractivity contribution in [3.63, 3.8) is 0 Å². The van der Waals surface area contributed by atoms with E-state index < -0.39 is 0 Å². The van der Waals surface area contributed by atoms with Crippen LogP contribution in [-0.4, -0.2) is 27.7 Å². The van der Waals surface area contributed by atoms with E-state index in [1.807, 2.05) is 58.0 Å². The van der Waals surface area contributed by atoms with Crippen molar-refractivity contribution >= 4 is 23.0 Å². The summed E-state index contributed by atoms with van der Waals surface area (Å²) in [5.41, 5.74) is 3.69. The molecular formula is C22H26N4O2. The van der Waals surface area contributed by atoms with Crippen molar-refractivity contribution in [2.75, 3.05) is 11.9 Å². The number of fused-ring (bicyclic) bond motifs is 1. The van der Waals surface area contributed by atoms with E-state index in [4.69, 9.17) is 0 Å². The first-order chi connectivity index (χ1) is 13.4. The second-order valence-electron chi connectivity index (χ2n) is 7.26. The third-order valence-electron chi connectivity index (χ3n) is 4.62. The van der Waals surface area contributed by atoms with Gasteiger partial charge in [-0.15, -0.1) is 0 Å². The SMILES string of the molecule is CCc1cccc(C)c1NC(=O)c1nc(C(=O)NCC(C)C)n2ccccc12. The van der Waals surface area contributed by atoms with Crippen LogP contribution < -0.4 is 10.6 Å². The first-order valence-corrected chi connectivity index (χ1v) is 9.57. The van der Waals surface area contributed by atoms with Crippen LogP contribution in [0.2, 0.25) is 0 Å². The van der Waals surface area contributed by atoms with Gasteiger partial charge in [-0.3, -0.25) is 14.0 Å². The lowest BCUT2D eigenvalue weighted by molar-refractivity contribution is 0.0938. The first-order valence-electron chi connectivity index (χ1n) is 9.57. The van der Waals surface area contributed by atoms with Crippen molar-refractivity contribution in [3.8, 4) is 0 Å². The van der Waals surface area contributed by atoms with Crippen LogP contribution in [0.4, 0.5) is 5.69 Å². The Morgan fingerprint density at radius 3 is 2.61 bits per heavy atom. The van der Waals surface area contributed by atoms with Gasteiger partial charge in [-0.25, -0.2) is 4.98 Å². The Morgan fingerprint density at radius 1 is 1.11 bits per heavy atom. The van der Waals surface area contributed by atoms with Gasteiger partial charge < -0.3 is 10.6 Å². The number of hydrogen-bond donors (Lipinski definition) is 2. The van der Waals surface area contributed by atoms with Gasteiger partial charge in [0.15, 0.2) is 5.69 Å². The predicted molar refractivity (Wildman–Crippen MR) is 111 cm³/mol. The third-order valence-corrected chi connectivity index (χ3v) is 4.62. The van der Waals surface area contributed by atoms with Crippen LogP contribution in [0.25, 0.3) is 5.52 Å². The molecule has 6 nitrogen and oxygen atoms in total. The molecule has 0 spiro atoms. The molecule has 0 radical (unpaired) electrons. The number of imidazole rings is 1. The topological polar surface area (TPSA) is 75.5 Å². The highest BCUT2D eigenvalue weighted by atomic mass is 16.2. The zero-order valence-corrected chi connectivity index (χ0v) is 16.7. The van der Waals surface area contributed by atoms with Crippen molar-refractivity contribution in [1.29, 1.82) is 0 Å². The Kier molecular flexibility index (Phi) is 5.78. The molecule has 0 atom stereocenters. The summed E-state index contributed by atoms with van der Waals surface area (Å²) in [6.07, 6.45) is 2.55. The van der Waals surface area contributed by atoms with Gasteiger partial charge in [-0.2, -0.15) is 0 Å². The molecule has 2 N–H and O–H groups in total. The number of amides is 2. The summed E-state index contributed by atoms with van der Waals surface area (Å²) in [4.78, 5) is 30.0. The molecule has 1 aromatic carbocycles. The molecule has 28 heavy (non-hydrogen) atoms. The third kappa shape index (κ3) is 3.91. The molecule has 0 saturated carbocycles. The van der Waals surface area contributed by atoms with Crippen molar-refractivity contribution < 1.29 is 9.59 Å². The Hall–Kier alpha value is -3.15. The molecule has 0 bridgehead atoms. The van der Waals surface area contributed by atoms with E-state index in [-0.39, 0.29) is 23.3 Å². The Balaban J connectivity index is 1.97. The number of aryl methyl sites for hydroxylation is 2. The van der Waals surface area contributed by atoms with Gasteiger partial charge in [-0.05, 0) is 42.5 Å². The van der Waals surface area contributed by atoms with E-state index in [1.54, 1.807) is 16.7 Å². The number of nitrogens with zero attached hydrogens (tertiary/aromatic N) is 2. The molecule has 0 fully saturated rings. The molecule has 3 rings (SSSR count). The van der Waals surface area contributed by atoms with E-state index in [1.165, 1.54) is 0 Å². The zero-order chi connectivity index (χ0) is 20.3. The number of carbonyl (C=O) groups is 2. The van der Waals surface area contributed by atoms with Crippen molar-refractivity contribution in [2.24, 2.45) is 5.92 Å². The zero-order valence-electron chi connectivity index (χ0n) is 16.7. The molecule has 3 aromatic rings. The highest BCUT2D eigenvalue weighted by Crippen LogP contribution is 2.23. The summed E-state index contributed by atoms with van der Waals surface area (Å²) in [7, 11) is 0. The van der Waals surface area contributed by atoms with E-state index in [0.29, 0.717) is 18.0 Å². The van der Waals surface area contributed by atoms with Gasteiger partial charge in [0.1, 0.15) is 0 Å². The highest BCUT2D eigenvalue weighted by molar-refractivity contribution is 6.09. The smallest absolute Gasteiger partial charge is 0.287 e. The summed E-state index contributed by atoms with van der Waals surface area (Å²) in [6.45, 7) is 8.61. The number of carbonyl (C=O) groups excluding carboxylic acids is 2. The number of anilines is 1. The van der Waals surface area contributed by atoms with E-state index in [0.717, 1.165) is 23.2 Å². The molecule has 0 aliphatic rings. The van der Waals surface area contributed by atoms with Gasteiger partial charge in [0.25, 0.3) is 11.8 Å². The molecule has 6 heteroatoms. The molecule has 2 aromatic heterocycles. The summed E-state index contributed by atoms with van der Waals surface area (Å²) >= 11 is 0. The number of benzene rings is 1. The lowest BCUT2D eigenvalue weighted by atomic mass is 10.1. The number of hydrogen-bond acceptors (Lipinski definition) is 3. The fraction of sp³-hybridized carbons (Fsp3) is 0.318. The fourth-order valence-corrected chi connectivity index (χ4v) is 3.12. The number of pyridine rings is 1. The number of rotatable bonds is 6. The Bertz CT molecular complexity index is 1020. The predicted octanol–water partition coefficient (Wildman–Crippen LogP) is 3.84. The monoisotopic (exact) mass is 378 g/mol. The van der Waals surface area contributed by atoms with E-state index in [2.05, 4.69) is 15.6 Å². The van der Waals surface area contributed by atoms with Gasteiger partial charge in [0.05, 0.1) is 5.52 Å². The number of para-hydroxylation sites is 1. The minimum absolute atomic E-state index is 0.210. The molecule has 0 unspecified atom stereocenters. The van der Waals surface area contributed by atoms with E-state index in [9.17, 15) is 9.59 Å². The van der Waals surface area contributed by atoms with Crippen LogP contribution in [0.15, 0.2) is 42.6 Å². The maximum absolute atomic E-state index is 13.0. The minimum atomic E-state index is -0.324. The molecule has 0 aliphatic carbocycles. The van der Waals surface area contributed by atoms with Gasteiger partial charge in [0.2, 0.25) is 5.82 Å². The largest absolute Gasteiger partial charge is 0.349 e. The summed E-state index contributed by atoms with van der Waals surface area (Å²) in [6, 6.07) is 11.4. The van der Waals surface area contributed by atoms with Crippen LogP contribution in [-0.2, 0) is 6.42 Å². The molecule has 2 amide bonds. The minimum Gasteiger partial charge on any atom is -0.349 e. The molecule has 2 heterocycles. The standard InChI is InChI=1S/C22H26N4O2/c1-5-16-10-8-9-15(4)18(16)25-21(27)19-17-11-6-7-12-26(17)20(24-19)22(28)23-13-14(2)3/h6-12,14H,5,13H2,1-4H3,(H,23,28)(H,25,27). The van der Waals surface area contributed by atoms with Crippen LogP contribution in [0.1, 0.15) is 53.0 Å². The van der Waals surface area contributed by atoms with Crippen LogP contribution >= 0.6 is 0 Å². The molecule has 146 valence electrons. The average molecular weight is 378 g/mol. The van der Waals surface area contributed by atoms with Crippen LogP contribution in [0, 0.1) is 12.8 Å². The number of aromatic nitrogens is 2. The Morgan fingerprint density at radius 2 is 1.89 bits per heavy atom. The average Bonchev–Trinajstić information content (AvgIpc) is 3.07. The highest BCUT2D eigenvalue weighted by Gasteiger charge is 2.22. The lowest BCUT2D eigenvalue weighted by Gasteiger charge is -2.12. The summed E-state index contributed by atoms with van der Waals surface area (Å²) in [5.74, 6) is -0.0805. The number of nitrogens with one attached hydrogen (secondary N) is 2. The van der Waals surface area contributed by atoms with Gasteiger partial charge in [0, 0.05) is 18.4 Å². The van der Waals surface area contributed by atoms with Crippen molar-refractivity contribution in [1.82, 2.24) is 14.7 Å². The van der Waals surface area contributed by atoms with Crippen LogP contribution in [0.3, 0.4) is 0 Å². The maximum atomic E-state index is 13.0. The van der Waals surface area contributed by atoms with E-state index >= 15 is 0 Å². The quantitative estimate of drug-likeness (QED) is 0.684. The van der Waals surface area contributed by atoms with Crippen LogP contribution in [0.5, 0.6) is 0 Å². The Labute approximate surface area is 165 Å². The van der Waals surface area contributed by atoms with Gasteiger partial charge >= 0.3 is 0 Å². The molecule has 0 saturated heterocycles. The fourth-order valence-electron chi connectivity index (χ4n) is 3.12. The summed E-state index contributed by atoms with van der Waals surface area (Å²) < 4.78 is 1.66. The molecular weight excluding hydrogens is 352 g/mol. The summed E-state index contributed by atoms with van der Waals surface area (Å²) in [5, 5.41) is 5.86. The van der Waals surface area contributed by atoms with Gasteiger partial charge in [-0.1, -0.05) is 45.0 Å².